The van der Waals surface area contributed by atoms with Gasteiger partial charge in [0.25, 0.3) is 0 Å². The van der Waals surface area contributed by atoms with Crippen molar-refractivity contribution in [3.05, 3.63) is 35.9 Å². The highest BCUT2D eigenvalue weighted by atomic mass is 16.5. The highest BCUT2D eigenvalue weighted by Gasteiger charge is 2.29. The third kappa shape index (κ3) is 2.96. The highest BCUT2D eigenvalue weighted by Crippen LogP contribution is 2.38. The average molecular weight is 287 g/mol. The topological polar surface area (TPSA) is 95.1 Å². The van der Waals surface area contributed by atoms with Gasteiger partial charge >= 0.3 is 6.03 Å². The molecule has 3 N–H and O–H groups in total. The van der Waals surface area contributed by atoms with Crippen molar-refractivity contribution < 1.29 is 9.53 Å². The van der Waals surface area contributed by atoms with Crippen molar-refractivity contribution in [1.29, 1.82) is 0 Å². The van der Waals surface area contributed by atoms with E-state index in [-0.39, 0.29) is 6.54 Å². The fourth-order valence-electron chi connectivity index (χ4n) is 2.09. The second kappa shape index (κ2) is 5.43. The van der Waals surface area contributed by atoms with E-state index in [1.54, 1.807) is 11.8 Å². The number of nitrogens with one attached hydrogen (secondary N) is 1. The zero-order valence-electron chi connectivity index (χ0n) is 11.7. The van der Waals surface area contributed by atoms with Crippen LogP contribution in [0.15, 0.2) is 24.3 Å². The fourth-order valence-corrected chi connectivity index (χ4v) is 2.09. The smallest absolute Gasteiger partial charge is 0.312 e. The first kappa shape index (κ1) is 13.4. The first-order chi connectivity index (χ1) is 10.2. The first-order valence-electron chi connectivity index (χ1n) is 6.81. The molecule has 110 valence electrons. The van der Waals surface area contributed by atoms with Gasteiger partial charge in [0.15, 0.2) is 11.6 Å². The molecule has 0 bridgehead atoms. The van der Waals surface area contributed by atoms with E-state index in [9.17, 15) is 4.79 Å². The number of rotatable bonds is 5. The summed E-state index contributed by atoms with van der Waals surface area (Å²) >= 11 is 0. The second-order valence-corrected chi connectivity index (χ2v) is 4.99. The zero-order valence-corrected chi connectivity index (χ0v) is 11.7. The number of primary amides is 1. The van der Waals surface area contributed by atoms with E-state index in [1.165, 1.54) is 0 Å². The molecule has 0 aliphatic heterocycles. The van der Waals surface area contributed by atoms with Gasteiger partial charge in [0, 0.05) is 5.92 Å². The van der Waals surface area contributed by atoms with Crippen molar-refractivity contribution >= 4 is 6.03 Å². The van der Waals surface area contributed by atoms with Crippen molar-refractivity contribution in [3.63, 3.8) is 0 Å². The van der Waals surface area contributed by atoms with E-state index >= 15 is 0 Å². The molecular formula is C14H17N5O2. The summed E-state index contributed by atoms with van der Waals surface area (Å²) in [5.41, 5.74) is 5.99. The van der Waals surface area contributed by atoms with Gasteiger partial charge in [-0.25, -0.2) is 14.5 Å². The van der Waals surface area contributed by atoms with Crippen LogP contribution in [-0.2, 0) is 6.54 Å². The molecule has 1 heterocycles. The SMILES string of the molecule is COc1ccc(-n2nc(C3CC3)nc2CNC(N)=O)cc1. The van der Waals surface area contributed by atoms with Gasteiger partial charge in [0.2, 0.25) is 0 Å². The van der Waals surface area contributed by atoms with Crippen LogP contribution in [-0.4, -0.2) is 27.9 Å². The lowest BCUT2D eigenvalue weighted by Crippen LogP contribution is -2.29. The molecule has 0 spiro atoms. The third-order valence-electron chi connectivity index (χ3n) is 3.37. The summed E-state index contributed by atoms with van der Waals surface area (Å²) < 4.78 is 6.89. The molecule has 7 heteroatoms. The maximum Gasteiger partial charge on any atom is 0.312 e. The summed E-state index contributed by atoms with van der Waals surface area (Å²) in [6.07, 6.45) is 2.24. The predicted molar refractivity (Wildman–Crippen MR) is 76.3 cm³/mol. The quantitative estimate of drug-likeness (QED) is 0.867. The van der Waals surface area contributed by atoms with E-state index in [1.807, 2.05) is 24.3 Å². The molecule has 0 saturated heterocycles. The normalized spacial score (nSPS) is 14.0. The van der Waals surface area contributed by atoms with Gasteiger partial charge in [-0.3, -0.25) is 0 Å². The largest absolute Gasteiger partial charge is 0.497 e. The van der Waals surface area contributed by atoms with Gasteiger partial charge in [0.1, 0.15) is 5.75 Å². The Morgan fingerprint density at radius 2 is 2.14 bits per heavy atom. The number of hydrogen-bond donors (Lipinski definition) is 2. The van der Waals surface area contributed by atoms with E-state index in [0.29, 0.717) is 11.7 Å². The van der Waals surface area contributed by atoms with E-state index in [4.69, 9.17) is 10.5 Å². The summed E-state index contributed by atoms with van der Waals surface area (Å²) in [6, 6.07) is 6.95. The molecule has 7 nitrogen and oxygen atoms in total. The van der Waals surface area contributed by atoms with Gasteiger partial charge in [-0.2, -0.15) is 5.10 Å². The van der Waals surface area contributed by atoms with Crippen LogP contribution in [0, 0.1) is 0 Å². The summed E-state index contributed by atoms with van der Waals surface area (Å²) in [5.74, 6) is 2.71. The van der Waals surface area contributed by atoms with Crippen molar-refractivity contribution in [1.82, 2.24) is 20.1 Å². The number of nitrogens with two attached hydrogens (primary N) is 1. The molecule has 0 radical (unpaired) electrons. The first-order valence-corrected chi connectivity index (χ1v) is 6.81. The molecule has 1 aliphatic carbocycles. The van der Waals surface area contributed by atoms with Crippen LogP contribution in [0.5, 0.6) is 5.75 Å². The lowest BCUT2D eigenvalue weighted by atomic mass is 10.3. The van der Waals surface area contributed by atoms with E-state index in [2.05, 4.69) is 15.4 Å². The number of urea groups is 1. The van der Waals surface area contributed by atoms with Crippen LogP contribution in [0.3, 0.4) is 0 Å². The van der Waals surface area contributed by atoms with Crippen molar-refractivity contribution in [2.45, 2.75) is 25.3 Å². The minimum absolute atomic E-state index is 0.251. The molecule has 1 aromatic heterocycles. The van der Waals surface area contributed by atoms with Crippen LogP contribution in [0.25, 0.3) is 5.69 Å². The maximum atomic E-state index is 10.9. The Morgan fingerprint density at radius 3 is 2.71 bits per heavy atom. The Kier molecular flexibility index (Phi) is 3.47. The molecule has 2 aromatic rings. The Hall–Kier alpha value is -2.57. The predicted octanol–water partition coefficient (Wildman–Crippen LogP) is 1.32. The van der Waals surface area contributed by atoms with E-state index < -0.39 is 6.03 Å². The van der Waals surface area contributed by atoms with Crippen molar-refractivity contribution in [2.75, 3.05) is 7.11 Å². The van der Waals surface area contributed by atoms with Crippen LogP contribution in [0.1, 0.15) is 30.4 Å². The molecule has 1 aliphatic rings. The summed E-state index contributed by atoms with van der Waals surface area (Å²) in [5, 5.41) is 7.11. The summed E-state index contributed by atoms with van der Waals surface area (Å²) in [6.45, 7) is 0.251. The summed E-state index contributed by atoms with van der Waals surface area (Å²) in [4.78, 5) is 15.4. The molecule has 0 atom stereocenters. The molecule has 1 saturated carbocycles. The fraction of sp³-hybridized carbons (Fsp3) is 0.357. The third-order valence-corrected chi connectivity index (χ3v) is 3.37. The van der Waals surface area contributed by atoms with Crippen LogP contribution >= 0.6 is 0 Å². The minimum atomic E-state index is -0.577. The minimum Gasteiger partial charge on any atom is -0.497 e. The maximum absolute atomic E-state index is 10.9. The van der Waals surface area contributed by atoms with Gasteiger partial charge in [0.05, 0.1) is 19.3 Å². The molecule has 2 amide bonds. The number of hydrogen-bond acceptors (Lipinski definition) is 4. The Labute approximate surface area is 122 Å². The van der Waals surface area contributed by atoms with Crippen molar-refractivity contribution in [3.8, 4) is 11.4 Å². The van der Waals surface area contributed by atoms with Gasteiger partial charge in [-0.05, 0) is 37.1 Å². The van der Waals surface area contributed by atoms with Gasteiger partial charge in [-0.1, -0.05) is 0 Å². The Balaban J connectivity index is 1.91. The van der Waals surface area contributed by atoms with Crippen molar-refractivity contribution in [2.24, 2.45) is 5.73 Å². The average Bonchev–Trinajstić information content (AvgIpc) is 3.25. The number of carbonyl (C=O) groups is 1. The van der Waals surface area contributed by atoms with Crippen LogP contribution in [0.4, 0.5) is 4.79 Å². The lowest BCUT2D eigenvalue weighted by Gasteiger charge is -2.07. The number of benzene rings is 1. The molecule has 1 aromatic carbocycles. The van der Waals surface area contributed by atoms with E-state index in [0.717, 1.165) is 30.1 Å². The number of aromatic nitrogens is 3. The molecule has 0 unspecified atom stereocenters. The Bertz CT molecular complexity index is 646. The lowest BCUT2D eigenvalue weighted by molar-refractivity contribution is 0.248. The number of amides is 2. The zero-order chi connectivity index (χ0) is 14.8. The highest BCUT2D eigenvalue weighted by molar-refractivity contribution is 5.71. The number of nitrogens with zero attached hydrogens (tertiary/aromatic N) is 3. The molecule has 3 rings (SSSR count). The van der Waals surface area contributed by atoms with Gasteiger partial charge in [-0.15, -0.1) is 0 Å². The van der Waals surface area contributed by atoms with Crippen LogP contribution in [0.2, 0.25) is 0 Å². The molecule has 1 fully saturated rings. The molecule has 21 heavy (non-hydrogen) atoms. The summed E-state index contributed by atoms with van der Waals surface area (Å²) in [7, 11) is 1.62. The Morgan fingerprint density at radius 1 is 1.43 bits per heavy atom. The van der Waals surface area contributed by atoms with Gasteiger partial charge < -0.3 is 15.8 Å². The number of ether oxygens (including phenoxy) is 1. The standard InChI is InChI=1S/C14H17N5O2/c1-21-11-6-4-10(5-7-11)19-12(8-16-14(15)20)17-13(18-19)9-2-3-9/h4-7,9H,2-3,8H2,1H3,(H3,15,16,20). The monoisotopic (exact) mass is 287 g/mol. The van der Waals surface area contributed by atoms with Crippen LogP contribution < -0.4 is 15.8 Å². The number of carbonyl (C=O) groups excluding carboxylic acids is 1. The molecular weight excluding hydrogens is 270 g/mol. The second-order valence-electron chi connectivity index (χ2n) is 4.99. The number of methoxy groups -OCH3 is 1.